The van der Waals surface area contributed by atoms with E-state index in [1.807, 2.05) is 6.07 Å². The third-order valence-corrected chi connectivity index (χ3v) is 3.41. The van der Waals surface area contributed by atoms with Gasteiger partial charge in [-0.25, -0.2) is 4.98 Å². The van der Waals surface area contributed by atoms with Crippen molar-refractivity contribution in [2.45, 2.75) is 0 Å². The second-order valence-corrected chi connectivity index (χ2v) is 5.42. The molecule has 0 saturated carbocycles. The molecule has 5 nitrogen and oxygen atoms in total. The predicted octanol–water partition coefficient (Wildman–Crippen LogP) is 2.71. The topological polar surface area (TPSA) is 60.5 Å². The van der Waals surface area contributed by atoms with E-state index in [2.05, 4.69) is 32.9 Å². The zero-order chi connectivity index (χ0) is 13.9. The van der Waals surface area contributed by atoms with Crippen molar-refractivity contribution in [2.75, 3.05) is 18.5 Å². The predicted molar refractivity (Wildman–Crippen MR) is 82.3 cm³/mol. The van der Waals surface area contributed by atoms with Crippen molar-refractivity contribution >= 4 is 34.3 Å². The molecule has 0 radical (unpaired) electrons. The molecule has 0 bridgehead atoms. The van der Waals surface area contributed by atoms with Crippen molar-refractivity contribution in [3.8, 4) is 11.5 Å². The molecule has 3 rings (SSSR count). The molecular formula is C14H11IN2O3. The third-order valence-electron chi connectivity index (χ3n) is 2.77. The van der Waals surface area contributed by atoms with Gasteiger partial charge in [0, 0.05) is 15.3 Å². The van der Waals surface area contributed by atoms with Crippen LogP contribution in [0.3, 0.4) is 0 Å². The summed E-state index contributed by atoms with van der Waals surface area (Å²) in [6.45, 7) is 1.03. The van der Waals surface area contributed by atoms with E-state index < -0.39 is 0 Å². The monoisotopic (exact) mass is 382 g/mol. The third kappa shape index (κ3) is 2.84. The van der Waals surface area contributed by atoms with Crippen LogP contribution in [0.25, 0.3) is 0 Å². The second kappa shape index (κ2) is 5.66. The summed E-state index contributed by atoms with van der Waals surface area (Å²) < 4.78 is 11.9. The Balaban J connectivity index is 1.78. The molecule has 1 aliphatic rings. The number of benzene rings is 1. The van der Waals surface area contributed by atoms with Gasteiger partial charge in [-0.2, -0.15) is 0 Å². The zero-order valence-electron chi connectivity index (χ0n) is 10.4. The van der Waals surface area contributed by atoms with Crippen LogP contribution in [0, 0.1) is 3.57 Å². The van der Waals surface area contributed by atoms with Gasteiger partial charge in [0.2, 0.25) is 0 Å². The minimum atomic E-state index is -0.226. The average Bonchev–Trinajstić information content (AvgIpc) is 2.49. The number of carbonyl (C=O) groups is 1. The molecule has 102 valence electrons. The summed E-state index contributed by atoms with van der Waals surface area (Å²) in [7, 11) is 0. The zero-order valence-corrected chi connectivity index (χ0v) is 12.6. The summed E-state index contributed by atoms with van der Waals surface area (Å²) in [5.41, 5.74) is 0.509. The highest BCUT2D eigenvalue weighted by Gasteiger charge is 2.15. The lowest BCUT2D eigenvalue weighted by Crippen LogP contribution is -2.17. The number of nitrogens with one attached hydrogen (secondary N) is 1. The molecule has 1 amide bonds. The minimum Gasteiger partial charge on any atom is -0.486 e. The molecule has 0 fully saturated rings. The van der Waals surface area contributed by atoms with E-state index in [-0.39, 0.29) is 5.91 Å². The number of carbonyl (C=O) groups excluding carboxylic acids is 1. The van der Waals surface area contributed by atoms with E-state index in [1.54, 1.807) is 30.5 Å². The molecule has 6 heteroatoms. The number of amides is 1. The number of hydrogen-bond donors (Lipinski definition) is 1. The van der Waals surface area contributed by atoms with E-state index in [0.717, 1.165) is 3.57 Å². The number of rotatable bonds is 2. The molecule has 0 unspecified atom stereocenters. The van der Waals surface area contributed by atoms with Crippen molar-refractivity contribution in [1.82, 2.24) is 4.98 Å². The maximum Gasteiger partial charge on any atom is 0.256 e. The Labute approximate surface area is 129 Å². The van der Waals surface area contributed by atoms with Crippen molar-refractivity contribution in [1.29, 1.82) is 0 Å². The lowest BCUT2D eigenvalue weighted by Gasteiger charge is -2.18. The van der Waals surface area contributed by atoms with Gasteiger partial charge in [-0.1, -0.05) is 0 Å². The van der Waals surface area contributed by atoms with Crippen molar-refractivity contribution in [3.05, 3.63) is 45.7 Å². The smallest absolute Gasteiger partial charge is 0.256 e. The first kappa shape index (κ1) is 13.2. The molecule has 2 aromatic rings. The summed E-state index contributed by atoms with van der Waals surface area (Å²) in [4.78, 5) is 16.3. The number of anilines is 1. The minimum absolute atomic E-state index is 0.226. The van der Waals surface area contributed by atoms with Crippen molar-refractivity contribution < 1.29 is 14.3 Å². The van der Waals surface area contributed by atoms with Gasteiger partial charge in [0.05, 0.1) is 0 Å². The number of fused-ring (bicyclic) bond motifs is 1. The Kier molecular flexibility index (Phi) is 3.72. The van der Waals surface area contributed by atoms with Crippen LogP contribution in [-0.4, -0.2) is 24.1 Å². The first-order chi connectivity index (χ1) is 9.72. The number of nitrogens with zero attached hydrogens (tertiary/aromatic N) is 1. The summed E-state index contributed by atoms with van der Waals surface area (Å²) in [5, 5.41) is 2.74. The molecule has 1 N–H and O–H groups in total. The fourth-order valence-corrected chi connectivity index (χ4v) is 2.14. The molecule has 0 saturated heterocycles. The quantitative estimate of drug-likeness (QED) is 0.812. The molecule has 0 atom stereocenters. The van der Waals surface area contributed by atoms with Crippen LogP contribution >= 0.6 is 22.6 Å². The van der Waals surface area contributed by atoms with Gasteiger partial charge in [-0.05, 0) is 52.9 Å². The van der Waals surface area contributed by atoms with Gasteiger partial charge >= 0.3 is 0 Å². The van der Waals surface area contributed by atoms with Crippen molar-refractivity contribution in [2.24, 2.45) is 0 Å². The first-order valence-electron chi connectivity index (χ1n) is 6.05. The Morgan fingerprint density at radius 1 is 1.15 bits per heavy atom. The molecular weight excluding hydrogens is 371 g/mol. The molecule has 0 spiro atoms. The van der Waals surface area contributed by atoms with Crippen LogP contribution in [0.2, 0.25) is 0 Å². The Morgan fingerprint density at radius 3 is 2.70 bits per heavy atom. The molecule has 1 aromatic heterocycles. The number of aromatic nitrogens is 1. The Morgan fingerprint density at radius 2 is 1.95 bits per heavy atom. The van der Waals surface area contributed by atoms with E-state index in [4.69, 9.17) is 9.47 Å². The highest BCUT2D eigenvalue weighted by atomic mass is 127. The summed E-state index contributed by atoms with van der Waals surface area (Å²) in [6, 6.07) is 8.77. The maximum absolute atomic E-state index is 12.1. The van der Waals surface area contributed by atoms with E-state index in [9.17, 15) is 4.79 Å². The largest absolute Gasteiger partial charge is 0.486 e. The molecule has 2 heterocycles. The maximum atomic E-state index is 12.1. The van der Waals surface area contributed by atoms with Crippen LogP contribution in [0.5, 0.6) is 11.5 Å². The van der Waals surface area contributed by atoms with Crippen molar-refractivity contribution in [3.63, 3.8) is 0 Å². The number of hydrogen-bond acceptors (Lipinski definition) is 4. The second-order valence-electron chi connectivity index (χ2n) is 4.17. The van der Waals surface area contributed by atoms with Gasteiger partial charge in [0.15, 0.2) is 11.5 Å². The van der Waals surface area contributed by atoms with E-state index in [1.165, 1.54) is 0 Å². The van der Waals surface area contributed by atoms with Crippen LogP contribution in [0.4, 0.5) is 5.82 Å². The fourth-order valence-electron chi connectivity index (χ4n) is 1.82. The first-order valence-corrected chi connectivity index (χ1v) is 7.13. The average molecular weight is 382 g/mol. The van der Waals surface area contributed by atoms with Gasteiger partial charge in [-0.15, -0.1) is 0 Å². The standard InChI is InChI=1S/C14H11IN2O3/c15-10-2-4-13(16-8-10)17-14(18)9-1-3-11-12(7-9)20-6-5-19-11/h1-4,7-8H,5-6H2,(H,16,17,18). The lowest BCUT2D eigenvalue weighted by atomic mass is 10.2. The van der Waals surface area contributed by atoms with Crippen LogP contribution < -0.4 is 14.8 Å². The van der Waals surface area contributed by atoms with E-state index >= 15 is 0 Å². The fraction of sp³-hybridized carbons (Fsp3) is 0.143. The molecule has 1 aromatic carbocycles. The van der Waals surface area contributed by atoms with E-state index in [0.29, 0.717) is 36.1 Å². The van der Waals surface area contributed by atoms with Crippen LogP contribution in [-0.2, 0) is 0 Å². The van der Waals surface area contributed by atoms with Gasteiger partial charge in [-0.3, -0.25) is 4.79 Å². The highest BCUT2D eigenvalue weighted by molar-refractivity contribution is 14.1. The SMILES string of the molecule is O=C(Nc1ccc(I)cn1)c1ccc2c(c1)OCCO2. The number of halogens is 1. The summed E-state index contributed by atoms with van der Waals surface area (Å²) in [6.07, 6.45) is 1.69. The molecule has 0 aliphatic carbocycles. The highest BCUT2D eigenvalue weighted by Crippen LogP contribution is 2.30. The van der Waals surface area contributed by atoms with Crippen LogP contribution in [0.15, 0.2) is 36.5 Å². The molecule has 1 aliphatic heterocycles. The normalized spacial score (nSPS) is 12.8. The van der Waals surface area contributed by atoms with Gasteiger partial charge < -0.3 is 14.8 Å². The summed E-state index contributed by atoms with van der Waals surface area (Å²) >= 11 is 2.16. The Hall–Kier alpha value is -1.83. The van der Waals surface area contributed by atoms with Gasteiger partial charge in [0.25, 0.3) is 5.91 Å². The van der Waals surface area contributed by atoms with Gasteiger partial charge in [0.1, 0.15) is 19.0 Å². The summed E-state index contributed by atoms with van der Waals surface area (Å²) in [5.74, 6) is 1.56. The number of ether oxygens (including phenoxy) is 2. The van der Waals surface area contributed by atoms with Crippen LogP contribution in [0.1, 0.15) is 10.4 Å². The lowest BCUT2D eigenvalue weighted by molar-refractivity contribution is 0.102. The molecule has 20 heavy (non-hydrogen) atoms. The number of pyridine rings is 1. The Bertz CT molecular complexity index is 643.